The van der Waals surface area contributed by atoms with Crippen molar-refractivity contribution in [3.63, 3.8) is 0 Å². The predicted molar refractivity (Wildman–Crippen MR) is 141 cm³/mol. The van der Waals surface area contributed by atoms with Gasteiger partial charge >= 0.3 is 0 Å². The summed E-state index contributed by atoms with van der Waals surface area (Å²) in [4.78, 5) is 0. The SMILES string of the molecule is Brc1cc2c3ccccc3n(-c3ccc(-c4ccccc4)cc3)c2c2c1oc1ccccc12. The van der Waals surface area contributed by atoms with Crippen molar-refractivity contribution in [1.82, 2.24) is 4.57 Å². The Morgan fingerprint density at radius 3 is 2.09 bits per heavy atom. The summed E-state index contributed by atoms with van der Waals surface area (Å²) in [5.41, 5.74) is 7.71. The molecule has 0 saturated heterocycles. The number of hydrogen-bond acceptors (Lipinski definition) is 1. The first-order valence-corrected chi connectivity index (χ1v) is 11.8. The minimum Gasteiger partial charge on any atom is -0.455 e. The summed E-state index contributed by atoms with van der Waals surface area (Å²) in [6.07, 6.45) is 0. The van der Waals surface area contributed by atoms with E-state index < -0.39 is 0 Å². The number of fused-ring (bicyclic) bond motifs is 7. The third-order valence-corrected chi connectivity index (χ3v) is 7.06. The Labute approximate surface area is 198 Å². The van der Waals surface area contributed by atoms with Gasteiger partial charge in [-0.2, -0.15) is 0 Å². The van der Waals surface area contributed by atoms with E-state index in [1.54, 1.807) is 0 Å². The highest BCUT2D eigenvalue weighted by molar-refractivity contribution is 9.10. The van der Waals surface area contributed by atoms with Gasteiger partial charge < -0.3 is 8.98 Å². The monoisotopic (exact) mass is 487 g/mol. The molecule has 5 aromatic carbocycles. The van der Waals surface area contributed by atoms with Crippen molar-refractivity contribution in [3.05, 3.63) is 114 Å². The Morgan fingerprint density at radius 1 is 0.606 bits per heavy atom. The van der Waals surface area contributed by atoms with E-state index in [-0.39, 0.29) is 0 Å². The lowest BCUT2D eigenvalue weighted by molar-refractivity contribution is 0.667. The maximum absolute atomic E-state index is 6.29. The van der Waals surface area contributed by atoms with E-state index >= 15 is 0 Å². The van der Waals surface area contributed by atoms with Gasteiger partial charge in [0.2, 0.25) is 0 Å². The summed E-state index contributed by atoms with van der Waals surface area (Å²) in [7, 11) is 0. The fourth-order valence-electron chi connectivity index (χ4n) is 5.00. The minimum atomic E-state index is 0.883. The smallest absolute Gasteiger partial charge is 0.151 e. The first kappa shape index (κ1) is 18.7. The van der Waals surface area contributed by atoms with Crippen LogP contribution in [-0.2, 0) is 0 Å². The summed E-state index contributed by atoms with van der Waals surface area (Å²) in [5, 5.41) is 4.71. The van der Waals surface area contributed by atoms with Gasteiger partial charge in [0, 0.05) is 21.8 Å². The third-order valence-electron chi connectivity index (χ3n) is 6.47. The molecule has 0 N–H and O–H groups in total. The highest BCUT2D eigenvalue weighted by Gasteiger charge is 2.20. The number of furan rings is 1. The van der Waals surface area contributed by atoms with Crippen molar-refractivity contribution in [2.24, 2.45) is 0 Å². The molecule has 2 heterocycles. The van der Waals surface area contributed by atoms with Crippen LogP contribution in [0.1, 0.15) is 0 Å². The van der Waals surface area contributed by atoms with Crippen molar-refractivity contribution in [1.29, 1.82) is 0 Å². The van der Waals surface area contributed by atoms with Crippen LogP contribution in [0, 0.1) is 0 Å². The van der Waals surface area contributed by atoms with Gasteiger partial charge in [-0.3, -0.25) is 0 Å². The van der Waals surface area contributed by atoms with Crippen LogP contribution < -0.4 is 0 Å². The van der Waals surface area contributed by atoms with Crippen LogP contribution in [0.4, 0.5) is 0 Å². The van der Waals surface area contributed by atoms with Gasteiger partial charge in [0.15, 0.2) is 5.58 Å². The molecule has 3 heteroatoms. The van der Waals surface area contributed by atoms with Crippen LogP contribution in [0.5, 0.6) is 0 Å². The molecule has 0 bridgehead atoms. The van der Waals surface area contributed by atoms with Crippen LogP contribution in [-0.4, -0.2) is 4.57 Å². The van der Waals surface area contributed by atoms with Crippen LogP contribution in [0.15, 0.2) is 118 Å². The molecule has 0 spiro atoms. The van der Waals surface area contributed by atoms with Gasteiger partial charge in [0.25, 0.3) is 0 Å². The maximum atomic E-state index is 6.29. The van der Waals surface area contributed by atoms with Gasteiger partial charge in [-0.05, 0) is 57.4 Å². The topological polar surface area (TPSA) is 18.1 Å². The van der Waals surface area contributed by atoms with Crippen LogP contribution in [0.2, 0.25) is 0 Å². The molecule has 156 valence electrons. The fourth-order valence-corrected chi connectivity index (χ4v) is 5.51. The van der Waals surface area contributed by atoms with E-state index in [0.29, 0.717) is 0 Å². The Morgan fingerprint density at radius 2 is 1.27 bits per heavy atom. The zero-order chi connectivity index (χ0) is 21.9. The van der Waals surface area contributed by atoms with E-state index in [0.717, 1.165) is 32.1 Å². The lowest BCUT2D eigenvalue weighted by atomic mass is 10.1. The molecule has 0 fully saturated rings. The largest absolute Gasteiger partial charge is 0.455 e. The van der Waals surface area contributed by atoms with Crippen molar-refractivity contribution < 1.29 is 4.42 Å². The molecule has 0 aliphatic carbocycles. The van der Waals surface area contributed by atoms with E-state index in [1.165, 1.54) is 32.9 Å². The molecule has 0 aliphatic rings. The van der Waals surface area contributed by atoms with Gasteiger partial charge in [0.05, 0.1) is 20.9 Å². The number of benzene rings is 5. The normalized spacial score (nSPS) is 11.8. The van der Waals surface area contributed by atoms with Crippen molar-refractivity contribution in [2.75, 3.05) is 0 Å². The molecule has 0 atom stereocenters. The van der Waals surface area contributed by atoms with Crippen molar-refractivity contribution in [3.8, 4) is 16.8 Å². The van der Waals surface area contributed by atoms with E-state index in [4.69, 9.17) is 4.42 Å². The van der Waals surface area contributed by atoms with Crippen LogP contribution >= 0.6 is 15.9 Å². The molecule has 0 unspecified atom stereocenters. The first-order valence-electron chi connectivity index (χ1n) is 11.0. The fraction of sp³-hybridized carbons (Fsp3) is 0. The molecule has 33 heavy (non-hydrogen) atoms. The lowest BCUT2D eigenvalue weighted by Gasteiger charge is -2.10. The molecule has 7 rings (SSSR count). The Kier molecular flexibility index (Phi) is 4.02. The molecule has 2 aromatic heterocycles. The quantitative estimate of drug-likeness (QED) is 0.237. The second kappa shape index (κ2) is 7.09. The zero-order valence-corrected chi connectivity index (χ0v) is 19.2. The lowest BCUT2D eigenvalue weighted by Crippen LogP contribution is -1.94. The minimum absolute atomic E-state index is 0.883. The second-order valence-electron chi connectivity index (χ2n) is 8.32. The van der Waals surface area contributed by atoms with Crippen molar-refractivity contribution in [2.45, 2.75) is 0 Å². The molecule has 2 nitrogen and oxygen atoms in total. The average molecular weight is 488 g/mol. The standard InChI is InChI=1S/C30H18BrNO/c31-25-18-24-22-10-4-6-12-26(22)32(21-16-14-20(15-17-21)19-8-2-1-3-9-19)29(24)28-23-11-5-7-13-27(23)33-30(25)28/h1-18H. The number of aromatic nitrogens is 1. The zero-order valence-electron chi connectivity index (χ0n) is 17.6. The number of nitrogens with zero attached hydrogens (tertiary/aromatic N) is 1. The van der Waals surface area contributed by atoms with Crippen molar-refractivity contribution >= 4 is 59.7 Å². The summed E-state index contributed by atoms with van der Waals surface area (Å²) >= 11 is 3.78. The number of para-hydroxylation sites is 2. The Balaban J connectivity index is 1.61. The summed E-state index contributed by atoms with van der Waals surface area (Å²) in [5.74, 6) is 0. The number of rotatable bonds is 2. The number of halogens is 1. The molecule has 7 aromatic rings. The molecule has 0 radical (unpaired) electrons. The van der Waals surface area contributed by atoms with E-state index in [1.807, 2.05) is 12.1 Å². The second-order valence-corrected chi connectivity index (χ2v) is 9.18. The molecule has 0 saturated carbocycles. The van der Waals surface area contributed by atoms with Crippen LogP contribution in [0.25, 0.3) is 60.6 Å². The van der Waals surface area contributed by atoms with E-state index in [2.05, 4.69) is 118 Å². The average Bonchev–Trinajstić information content (AvgIpc) is 3.41. The highest BCUT2D eigenvalue weighted by atomic mass is 79.9. The molecular formula is C30H18BrNO. The van der Waals surface area contributed by atoms with Gasteiger partial charge in [-0.25, -0.2) is 0 Å². The Bertz CT molecular complexity index is 1810. The molecular weight excluding hydrogens is 470 g/mol. The summed E-state index contributed by atoms with van der Waals surface area (Å²) in [6, 6.07) is 38.4. The maximum Gasteiger partial charge on any atom is 0.151 e. The third kappa shape index (κ3) is 2.73. The van der Waals surface area contributed by atoms with Gasteiger partial charge in [-0.1, -0.05) is 78.9 Å². The first-order chi connectivity index (χ1) is 16.3. The molecule has 0 aliphatic heterocycles. The Hall–Kier alpha value is -3.82. The highest BCUT2D eigenvalue weighted by Crippen LogP contribution is 2.43. The molecule has 0 amide bonds. The predicted octanol–water partition coefficient (Wildman–Crippen LogP) is 9.11. The van der Waals surface area contributed by atoms with Gasteiger partial charge in [0.1, 0.15) is 5.58 Å². The number of hydrogen-bond donors (Lipinski definition) is 0. The van der Waals surface area contributed by atoms with Crippen LogP contribution in [0.3, 0.4) is 0 Å². The van der Waals surface area contributed by atoms with E-state index in [9.17, 15) is 0 Å². The summed E-state index contributed by atoms with van der Waals surface area (Å²) in [6.45, 7) is 0. The summed E-state index contributed by atoms with van der Waals surface area (Å²) < 4.78 is 9.64. The van der Waals surface area contributed by atoms with Gasteiger partial charge in [-0.15, -0.1) is 0 Å².